The Morgan fingerprint density at radius 2 is 1.86 bits per heavy atom. The molecule has 78 valence electrons. The van der Waals surface area contributed by atoms with E-state index in [1.165, 1.54) is 6.92 Å². The molecule has 3 heteroatoms. The van der Waals surface area contributed by atoms with Gasteiger partial charge in [0, 0.05) is 5.92 Å². The minimum absolute atomic E-state index is 0.104. The van der Waals surface area contributed by atoms with Crippen LogP contribution in [0.25, 0.3) is 0 Å². The predicted molar refractivity (Wildman–Crippen MR) is 51.3 cm³/mol. The second-order valence-corrected chi connectivity index (χ2v) is 3.31. The Hall–Kier alpha value is -0.960. The average Bonchev–Trinajstić information content (AvgIpc) is 2.19. The first-order valence-electron chi connectivity index (χ1n) is 4.60. The van der Waals surface area contributed by atoms with E-state index in [0.29, 0.717) is 6.61 Å². The number of alkyl halides is 2. The molecule has 1 rings (SSSR count). The Bertz CT molecular complexity index is 249. The number of ether oxygens (including phenoxy) is 1. The Morgan fingerprint density at radius 3 is 2.43 bits per heavy atom. The van der Waals surface area contributed by atoms with Crippen LogP contribution in [0.15, 0.2) is 30.3 Å². The normalized spacial score (nSPS) is 13.1. The molecule has 0 aliphatic heterocycles. The summed E-state index contributed by atoms with van der Waals surface area (Å²) in [4.78, 5) is 0. The molecule has 0 aromatic heterocycles. The fraction of sp³-hybridized carbons (Fsp3) is 0.455. The smallest absolute Gasteiger partial charge is 0.243 e. The highest BCUT2D eigenvalue weighted by Crippen LogP contribution is 2.10. The molecular weight excluding hydrogens is 186 g/mol. The highest BCUT2D eigenvalue weighted by molar-refractivity contribution is 5.13. The maximum Gasteiger partial charge on any atom is 0.243 e. The zero-order valence-corrected chi connectivity index (χ0v) is 8.12. The molecule has 0 aliphatic rings. The van der Waals surface area contributed by atoms with Crippen LogP contribution in [-0.2, 0) is 11.3 Å². The van der Waals surface area contributed by atoms with Crippen molar-refractivity contribution in [2.45, 2.75) is 20.0 Å². The molecule has 0 bridgehead atoms. The molecule has 0 N–H and O–H groups in total. The summed E-state index contributed by atoms with van der Waals surface area (Å²) in [5.41, 5.74) is 1.01. The zero-order valence-electron chi connectivity index (χ0n) is 8.12. The molecule has 0 saturated heterocycles. The van der Waals surface area contributed by atoms with Gasteiger partial charge in [0.05, 0.1) is 13.2 Å². The fourth-order valence-electron chi connectivity index (χ4n) is 1.01. The summed E-state index contributed by atoms with van der Waals surface area (Å²) in [5.74, 6) is -0.696. The predicted octanol–water partition coefficient (Wildman–Crippen LogP) is 3.10. The van der Waals surface area contributed by atoms with Crippen LogP contribution in [0.2, 0.25) is 0 Å². The van der Waals surface area contributed by atoms with Crippen LogP contribution in [0.3, 0.4) is 0 Å². The summed E-state index contributed by atoms with van der Waals surface area (Å²) in [7, 11) is 0. The van der Waals surface area contributed by atoms with Gasteiger partial charge in [-0.25, -0.2) is 8.78 Å². The van der Waals surface area contributed by atoms with Crippen molar-refractivity contribution in [1.82, 2.24) is 0 Å². The van der Waals surface area contributed by atoms with Crippen molar-refractivity contribution in [3.8, 4) is 0 Å². The van der Waals surface area contributed by atoms with Crippen LogP contribution in [0.4, 0.5) is 8.78 Å². The summed E-state index contributed by atoms with van der Waals surface area (Å²) < 4.78 is 29.3. The van der Waals surface area contributed by atoms with E-state index >= 15 is 0 Å². The van der Waals surface area contributed by atoms with Gasteiger partial charge >= 0.3 is 0 Å². The van der Waals surface area contributed by atoms with E-state index in [2.05, 4.69) is 0 Å². The van der Waals surface area contributed by atoms with E-state index in [0.717, 1.165) is 5.56 Å². The van der Waals surface area contributed by atoms with Gasteiger partial charge in [0.1, 0.15) is 0 Å². The summed E-state index contributed by atoms with van der Waals surface area (Å²) >= 11 is 0. The van der Waals surface area contributed by atoms with Gasteiger partial charge in [-0.2, -0.15) is 0 Å². The van der Waals surface area contributed by atoms with E-state index < -0.39 is 12.3 Å². The molecule has 0 heterocycles. The number of hydrogen-bond acceptors (Lipinski definition) is 1. The molecule has 0 spiro atoms. The summed E-state index contributed by atoms with van der Waals surface area (Å²) in [6.45, 7) is 1.99. The molecule has 1 nitrogen and oxygen atoms in total. The SMILES string of the molecule is CC(COCc1ccccc1)C(F)F. The van der Waals surface area contributed by atoms with E-state index in [-0.39, 0.29) is 6.61 Å². The highest BCUT2D eigenvalue weighted by Gasteiger charge is 2.14. The molecule has 1 unspecified atom stereocenters. The summed E-state index contributed by atoms with van der Waals surface area (Å²) in [6, 6.07) is 9.52. The van der Waals surface area contributed by atoms with E-state index in [1.54, 1.807) is 0 Å². The van der Waals surface area contributed by atoms with Crippen molar-refractivity contribution in [2.24, 2.45) is 5.92 Å². The van der Waals surface area contributed by atoms with Gasteiger partial charge in [-0.15, -0.1) is 0 Å². The maximum atomic E-state index is 12.1. The topological polar surface area (TPSA) is 9.23 Å². The first-order valence-corrected chi connectivity index (χ1v) is 4.60. The second kappa shape index (κ2) is 5.70. The molecule has 1 aromatic rings. The summed E-state index contributed by atoms with van der Waals surface area (Å²) in [5, 5.41) is 0. The lowest BCUT2D eigenvalue weighted by Crippen LogP contribution is -2.14. The third kappa shape index (κ3) is 3.83. The Morgan fingerprint density at radius 1 is 1.21 bits per heavy atom. The van der Waals surface area contributed by atoms with Crippen LogP contribution < -0.4 is 0 Å². The van der Waals surface area contributed by atoms with Crippen LogP contribution in [-0.4, -0.2) is 13.0 Å². The lowest BCUT2D eigenvalue weighted by Gasteiger charge is -2.10. The number of rotatable bonds is 5. The molecule has 1 aromatic carbocycles. The lowest BCUT2D eigenvalue weighted by molar-refractivity contribution is 0.0117. The first-order chi connectivity index (χ1) is 6.70. The van der Waals surface area contributed by atoms with Crippen molar-refractivity contribution in [1.29, 1.82) is 0 Å². The van der Waals surface area contributed by atoms with Crippen LogP contribution >= 0.6 is 0 Å². The molecular formula is C11H14F2O. The monoisotopic (exact) mass is 200 g/mol. The fourth-order valence-corrected chi connectivity index (χ4v) is 1.01. The molecule has 14 heavy (non-hydrogen) atoms. The molecule has 0 radical (unpaired) electrons. The van der Waals surface area contributed by atoms with E-state index in [4.69, 9.17) is 4.74 Å². The minimum Gasteiger partial charge on any atom is -0.376 e. The molecule has 0 aliphatic carbocycles. The lowest BCUT2D eigenvalue weighted by atomic mass is 10.2. The minimum atomic E-state index is -2.30. The van der Waals surface area contributed by atoms with Gasteiger partial charge in [0.25, 0.3) is 0 Å². The van der Waals surface area contributed by atoms with E-state index in [1.807, 2.05) is 30.3 Å². The van der Waals surface area contributed by atoms with Crippen molar-refractivity contribution in [2.75, 3.05) is 6.61 Å². The maximum absolute atomic E-state index is 12.1. The number of hydrogen-bond donors (Lipinski definition) is 0. The Labute approximate surface area is 82.7 Å². The van der Waals surface area contributed by atoms with Gasteiger partial charge in [-0.3, -0.25) is 0 Å². The number of benzene rings is 1. The second-order valence-electron chi connectivity index (χ2n) is 3.31. The van der Waals surface area contributed by atoms with Crippen molar-refractivity contribution in [3.63, 3.8) is 0 Å². The number of halogens is 2. The van der Waals surface area contributed by atoms with Gasteiger partial charge in [0.2, 0.25) is 6.43 Å². The zero-order chi connectivity index (χ0) is 10.4. The van der Waals surface area contributed by atoms with Crippen LogP contribution in [0.5, 0.6) is 0 Å². The third-order valence-corrected chi connectivity index (χ3v) is 1.92. The van der Waals surface area contributed by atoms with E-state index in [9.17, 15) is 8.78 Å². The molecule has 0 amide bonds. The first kappa shape index (κ1) is 11.1. The van der Waals surface area contributed by atoms with Crippen molar-refractivity contribution >= 4 is 0 Å². The standard InChI is InChI=1S/C11H14F2O/c1-9(11(12)13)7-14-8-10-5-3-2-4-6-10/h2-6,9,11H,7-8H2,1H3. The highest BCUT2D eigenvalue weighted by atomic mass is 19.3. The largest absolute Gasteiger partial charge is 0.376 e. The quantitative estimate of drug-likeness (QED) is 0.709. The van der Waals surface area contributed by atoms with Crippen molar-refractivity contribution in [3.05, 3.63) is 35.9 Å². The van der Waals surface area contributed by atoms with Crippen LogP contribution in [0, 0.1) is 5.92 Å². The Balaban J connectivity index is 2.22. The van der Waals surface area contributed by atoms with Crippen LogP contribution in [0.1, 0.15) is 12.5 Å². The van der Waals surface area contributed by atoms with Gasteiger partial charge in [-0.05, 0) is 5.56 Å². The van der Waals surface area contributed by atoms with Gasteiger partial charge in [0.15, 0.2) is 0 Å². The Kier molecular flexibility index (Phi) is 4.53. The molecule has 0 saturated carbocycles. The van der Waals surface area contributed by atoms with Gasteiger partial charge < -0.3 is 4.74 Å². The third-order valence-electron chi connectivity index (χ3n) is 1.92. The average molecular weight is 200 g/mol. The molecule has 0 fully saturated rings. The van der Waals surface area contributed by atoms with Gasteiger partial charge in [-0.1, -0.05) is 37.3 Å². The molecule has 1 atom stereocenters. The summed E-state index contributed by atoms with van der Waals surface area (Å²) in [6.07, 6.45) is -2.30. The van der Waals surface area contributed by atoms with Crippen molar-refractivity contribution < 1.29 is 13.5 Å².